The number of nitrogens with zero attached hydrogens (tertiary/aromatic N) is 1. The number of nitrogens with one attached hydrogen (secondary N) is 1. The number of rotatable bonds is 7. The van der Waals surface area contributed by atoms with Crippen molar-refractivity contribution in [3.8, 4) is 11.5 Å². The van der Waals surface area contributed by atoms with Crippen molar-refractivity contribution in [3.63, 3.8) is 0 Å². The Morgan fingerprint density at radius 3 is 2.46 bits per heavy atom. The quantitative estimate of drug-likeness (QED) is 0.299. The van der Waals surface area contributed by atoms with E-state index in [-0.39, 0.29) is 23.8 Å². The summed E-state index contributed by atoms with van der Waals surface area (Å²) in [5, 5.41) is 2.59. The Labute approximate surface area is 232 Å². The fourth-order valence-electron chi connectivity index (χ4n) is 3.80. The number of benzene rings is 3. The first-order chi connectivity index (χ1) is 18.8. The number of carbonyl (C=O) groups excluding carboxylic acids is 4. The van der Waals surface area contributed by atoms with Gasteiger partial charge in [0.15, 0.2) is 18.1 Å². The van der Waals surface area contributed by atoms with Crippen molar-refractivity contribution in [3.05, 3.63) is 92.8 Å². The van der Waals surface area contributed by atoms with Crippen molar-refractivity contribution in [1.82, 2.24) is 4.90 Å². The number of anilines is 1. The lowest BCUT2D eigenvalue weighted by atomic mass is 10.1. The number of aryl methyl sites for hydroxylation is 1. The van der Waals surface area contributed by atoms with E-state index in [0.717, 1.165) is 22.2 Å². The van der Waals surface area contributed by atoms with Crippen molar-refractivity contribution in [2.45, 2.75) is 13.5 Å². The standard InChI is InChI=1S/C28H21ClN2O7S/c1-16-2-8-20(9-3-16)30-25(32)14-36-27(34)18-6-4-17(5-7-18)10-24-26(33)31(28(35)39-24)13-19-11-22-23(12-21(19)29)38-15-37-22/h2-12H,13-15H2,1H3,(H,30,32)/b24-10+. The summed E-state index contributed by atoms with van der Waals surface area (Å²) in [7, 11) is 0. The zero-order chi connectivity index (χ0) is 27.5. The summed E-state index contributed by atoms with van der Waals surface area (Å²) in [6, 6.07) is 16.8. The van der Waals surface area contributed by atoms with E-state index < -0.39 is 29.6 Å². The largest absolute Gasteiger partial charge is 0.454 e. The lowest BCUT2D eigenvalue weighted by Gasteiger charge is -2.14. The molecule has 11 heteroatoms. The fraction of sp³-hybridized carbons (Fsp3) is 0.143. The van der Waals surface area contributed by atoms with E-state index in [1.165, 1.54) is 12.1 Å². The molecule has 0 radical (unpaired) electrons. The molecule has 0 saturated carbocycles. The average Bonchev–Trinajstić information content (AvgIpc) is 3.48. The molecule has 198 valence electrons. The Morgan fingerprint density at radius 2 is 1.74 bits per heavy atom. The summed E-state index contributed by atoms with van der Waals surface area (Å²) in [4.78, 5) is 51.3. The van der Waals surface area contributed by atoms with Crippen LogP contribution in [0, 0.1) is 6.92 Å². The minimum absolute atomic E-state index is 0.0141. The number of carbonyl (C=O) groups is 4. The van der Waals surface area contributed by atoms with Gasteiger partial charge in [-0.15, -0.1) is 0 Å². The normalized spacial score (nSPS) is 15.1. The summed E-state index contributed by atoms with van der Waals surface area (Å²) in [5.74, 6) is -0.567. The van der Waals surface area contributed by atoms with E-state index >= 15 is 0 Å². The summed E-state index contributed by atoms with van der Waals surface area (Å²) in [6.07, 6.45) is 1.57. The van der Waals surface area contributed by atoms with Crippen LogP contribution in [0.3, 0.4) is 0 Å². The van der Waals surface area contributed by atoms with E-state index in [2.05, 4.69) is 5.32 Å². The smallest absolute Gasteiger partial charge is 0.338 e. The van der Waals surface area contributed by atoms with Gasteiger partial charge in [-0.3, -0.25) is 19.3 Å². The van der Waals surface area contributed by atoms with E-state index in [0.29, 0.717) is 33.3 Å². The van der Waals surface area contributed by atoms with Crippen LogP contribution in [0.2, 0.25) is 5.02 Å². The highest BCUT2D eigenvalue weighted by molar-refractivity contribution is 8.18. The number of thioether (sulfide) groups is 1. The highest BCUT2D eigenvalue weighted by atomic mass is 35.5. The Balaban J connectivity index is 1.18. The molecule has 9 nitrogen and oxygen atoms in total. The lowest BCUT2D eigenvalue weighted by molar-refractivity contribution is -0.123. The van der Waals surface area contributed by atoms with Crippen molar-refractivity contribution in [2.75, 3.05) is 18.7 Å². The van der Waals surface area contributed by atoms with Gasteiger partial charge in [-0.25, -0.2) is 4.79 Å². The van der Waals surface area contributed by atoms with Gasteiger partial charge in [-0.05, 0) is 66.2 Å². The predicted molar refractivity (Wildman–Crippen MR) is 146 cm³/mol. The number of halogens is 1. The Bertz CT molecular complexity index is 1500. The van der Waals surface area contributed by atoms with Crippen LogP contribution in [0.15, 0.2) is 65.6 Å². The second kappa shape index (κ2) is 11.2. The van der Waals surface area contributed by atoms with Gasteiger partial charge in [0.2, 0.25) is 6.79 Å². The fourth-order valence-corrected chi connectivity index (χ4v) is 4.85. The number of ether oxygens (including phenoxy) is 3. The molecule has 0 bridgehead atoms. The van der Waals surface area contributed by atoms with Gasteiger partial charge in [-0.2, -0.15) is 0 Å². The van der Waals surface area contributed by atoms with Gasteiger partial charge in [0.05, 0.1) is 17.0 Å². The predicted octanol–water partition coefficient (Wildman–Crippen LogP) is 5.41. The van der Waals surface area contributed by atoms with Crippen LogP contribution in [-0.4, -0.2) is 41.3 Å². The van der Waals surface area contributed by atoms with Crippen LogP contribution in [0.25, 0.3) is 6.08 Å². The van der Waals surface area contributed by atoms with Crippen LogP contribution in [-0.2, 0) is 20.9 Å². The summed E-state index contributed by atoms with van der Waals surface area (Å²) in [5.41, 5.74) is 3.06. The molecule has 3 aromatic carbocycles. The number of imide groups is 1. The Hall–Kier alpha value is -4.28. The SMILES string of the molecule is Cc1ccc(NC(=O)COC(=O)c2ccc(/C=C3/SC(=O)N(Cc4cc5c(cc4Cl)OCO5)C3=O)cc2)cc1. The zero-order valence-corrected chi connectivity index (χ0v) is 22.1. The third-order valence-electron chi connectivity index (χ3n) is 5.86. The molecule has 3 amide bonds. The third-order valence-corrected chi connectivity index (χ3v) is 7.12. The zero-order valence-electron chi connectivity index (χ0n) is 20.6. The number of fused-ring (bicyclic) bond motifs is 1. The molecule has 1 saturated heterocycles. The molecular formula is C28H21ClN2O7S. The van der Waals surface area contributed by atoms with Gasteiger partial charge < -0.3 is 19.5 Å². The number of hydrogen-bond acceptors (Lipinski definition) is 8. The van der Waals surface area contributed by atoms with Crippen LogP contribution in [0.4, 0.5) is 10.5 Å². The maximum Gasteiger partial charge on any atom is 0.338 e. The molecule has 2 aliphatic heterocycles. The third kappa shape index (κ3) is 6.08. The van der Waals surface area contributed by atoms with Gasteiger partial charge in [0, 0.05) is 16.8 Å². The maximum atomic E-state index is 12.9. The van der Waals surface area contributed by atoms with Crippen molar-refractivity contribution >= 4 is 58.1 Å². The summed E-state index contributed by atoms with van der Waals surface area (Å²) >= 11 is 7.12. The molecule has 0 atom stereocenters. The molecule has 0 spiro atoms. The molecule has 39 heavy (non-hydrogen) atoms. The van der Waals surface area contributed by atoms with Crippen molar-refractivity contribution in [2.24, 2.45) is 0 Å². The van der Waals surface area contributed by atoms with Crippen molar-refractivity contribution < 1.29 is 33.4 Å². The minimum atomic E-state index is -0.665. The van der Waals surface area contributed by atoms with E-state index in [4.69, 9.17) is 25.8 Å². The monoisotopic (exact) mass is 564 g/mol. The number of hydrogen-bond donors (Lipinski definition) is 1. The Morgan fingerprint density at radius 1 is 1.05 bits per heavy atom. The first-order valence-corrected chi connectivity index (χ1v) is 12.9. The summed E-state index contributed by atoms with van der Waals surface area (Å²) < 4.78 is 15.7. The first-order valence-electron chi connectivity index (χ1n) is 11.7. The van der Waals surface area contributed by atoms with Gasteiger partial charge in [0.1, 0.15) is 0 Å². The molecular weight excluding hydrogens is 544 g/mol. The van der Waals surface area contributed by atoms with Gasteiger partial charge >= 0.3 is 5.97 Å². The molecule has 1 N–H and O–H groups in total. The number of esters is 1. The lowest BCUT2D eigenvalue weighted by Crippen LogP contribution is -2.27. The highest BCUT2D eigenvalue weighted by Gasteiger charge is 2.35. The van der Waals surface area contributed by atoms with Gasteiger partial charge in [-0.1, -0.05) is 41.4 Å². The molecule has 1 fully saturated rings. The molecule has 0 unspecified atom stereocenters. The minimum Gasteiger partial charge on any atom is -0.454 e. The molecule has 0 aromatic heterocycles. The van der Waals surface area contributed by atoms with Crippen LogP contribution in [0.5, 0.6) is 11.5 Å². The van der Waals surface area contributed by atoms with E-state index in [1.54, 1.807) is 42.5 Å². The molecule has 2 aliphatic rings. The van der Waals surface area contributed by atoms with Gasteiger partial charge in [0.25, 0.3) is 17.1 Å². The van der Waals surface area contributed by atoms with Crippen LogP contribution >= 0.6 is 23.4 Å². The average molecular weight is 565 g/mol. The van der Waals surface area contributed by atoms with E-state index in [9.17, 15) is 19.2 Å². The Kier molecular flexibility index (Phi) is 7.58. The van der Waals surface area contributed by atoms with Crippen molar-refractivity contribution in [1.29, 1.82) is 0 Å². The molecule has 2 heterocycles. The van der Waals surface area contributed by atoms with Crippen LogP contribution < -0.4 is 14.8 Å². The molecule has 3 aromatic rings. The first kappa shape index (κ1) is 26.3. The maximum absolute atomic E-state index is 12.9. The number of amides is 3. The van der Waals surface area contributed by atoms with E-state index in [1.807, 2.05) is 19.1 Å². The highest BCUT2D eigenvalue weighted by Crippen LogP contribution is 2.39. The second-order valence-electron chi connectivity index (χ2n) is 8.68. The molecule has 5 rings (SSSR count). The summed E-state index contributed by atoms with van der Waals surface area (Å²) in [6.45, 7) is 1.57. The topological polar surface area (TPSA) is 111 Å². The van der Waals surface area contributed by atoms with Crippen LogP contribution in [0.1, 0.15) is 27.0 Å². The second-order valence-corrected chi connectivity index (χ2v) is 10.1. The molecule has 0 aliphatic carbocycles.